The van der Waals surface area contributed by atoms with Crippen LogP contribution in [0.25, 0.3) is 10.9 Å². The Morgan fingerprint density at radius 3 is 2.64 bits per heavy atom. The largest absolute Gasteiger partial charge is 0.331 e. The molecule has 2 aromatic heterocycles. The van der Waals surface area contributed by atoms with Crippen molar-refractivity contribution in [3.8, 4) is 0 Å². The Morgan fingerprint density at radius 1 is 1.32 bits per heavy atom. The number of aryl methyl sites for hydroxylation is 1. The highest BCUT2D eigenvalue weighted by Gasteiger charge is 2.41. The van der Waals surface area contributed by atoms with Gasteiger partial charge in [0.2, 0.25) is 10.0 Å². The molecule has 1 aromatic carbocycles. The van der Waals surface area contributed by atoms with Crippen LogP contribution in [0.15, 0.2) is 42.8 Å². The molecule has 0 unspecified atom stereocenters. The Kier molecular flexibility index (Phi) is 4.60. The van der Waals surface area contributed by atoms with Crippen LogP contribution < -0.4 is 16.0 Å². The summed E-state index contributed by atoms with van der Waals surface area (Å²) in [5, 5.41) is 0.175. The molecule has 0 saturated heterocycles. The van der Waals surface area contributed by atoms with E-state index in [0.29, 0.717) is 9.43 Å². The first-order valence-electron chi connectivity index (χ1n) is 8.47. The smallest absolute Gasteiger partial charge is 0.296 e. The molecule has 2 heterocycles. The summed E-state index contributed by atoms with van der Waals surface area (Å²) in [4.78, 5) is 30.5. The highest BCUT2D eigenvalue weighted by Crippen LogP contribution is 2.36. The van der Waals surface area contributed by atoms with Gasteiger partial charge >= 0.3 is 5.69 Å². The standard InChI is InChI=1S/C17H17BrN4O4S2/c1-17(5-6-17)20-28(25,26)11-3-4-13-12(7-11)14(23)22(16(24)21(13)2)9-10-8-19-15(18)27-10/h3-4,7-8,20H,5-6,9H2,1-2H3. The molecule has 0 spiro atoms. The molecule has 0 atom stereocenters. The van der Waals surface area contributed by atoms with Crippen molar-refractivity contribution in [2.75, 3.05) is 0 Å². The lowest BCUT2D eigenvalue weighted by atomic mass is 10.2. The van der Waals surface area contributed by atoms with Crippen molar-refractivity contribution in [1.29, 1.82) is 0 Å². The molecule has 11 heteroatoms. The predicted molar refractivity (Wildman–Crippen MR) is 110 cm³/mol. The van der Waals surface area contributed by atoms with Gasteiger partial charge in [-0.3, -0.25) is 13.9 Å². The molecule has 1 saturated carbocycles. The van der Waals surface area contributed by atoms with E-state index < -0.39 is 26.8 Å². The summed E-state index contributed by atoms with van der Waals surface area (Å²) in [6.45, 7) is 1.91. The van der Waals surface area contributed by atoms with Crippen molar-refractivity contribution >= 4 is 48.2 Å². The van der Waals surface area contributed by atoms with Crippen molar-refractivity contribution < 1.29 is 8.42 Å². The maximum absolute atomic E-state index is 13.0. The van der Waals surface area contributed by atoms with E-state index in [1.165, 1.54) is 34.1 Å². The van der Waals surface area contributed by atoms with Crippen LogP contribution in [0, 0.1) is 0 Å². The van der Waals surface area contributed by atoms with E-state index in [4.69, 9.17) is 0 Å². The van der Waals surface area contributed by atoms with Gasteiger partial charge in [-0.2, -0.15) is 0 Å². The van der Waals surface area contributed by atoms with Crippen molar-refractivity contribution in [3.63, 3.8) is 0 Å². The number of aromatic nitrogens is 3. The number of rotatable bonds is 5. The van der Waals surface area contributed by atoms with Gasteiger partial charge < -0.3 is 0 Å². The summed E-state index contributed by atoms with van der Waals surface area (Å²) in [7, 11) is -2.20. The molecule has 148 valence electrons. The van der Waals surface area contributed by atoms with Crippen molar-refractivity contribution in [2.24, 2.45) is 7.05 Å². The first kappa shape index (κ1) is 19.5. The lowest BCUT2D eigenvalue weighted by Gasteiger charge is -2.14. The maximum atomic E-state index is 13.0. The minimum Gasteiger partial charge on any atom is -0.296 e. The zero-order chi connectivity index (χ0) is 20.3. The summed E-state index contributed by atoms with van der Waals surface area (Å²) in [5.74, 6) is 0. The van der Waals surface area contributed by atoms with Crippen LogP contribution >= 0.6 is 27.3 Å². The number of sulfonamides is 1. The van der Waals surface area contributed by atoms with Crippen LogP contribution in [0.5, 0.6) is 0 Å². The molecule has 1 N–H and O–H groups in total. The third-order valence-corrected chi connectivity index (χ3v) is 7.95. The number of hydrogen-bond acceptors (Lipinski definition) is 6. The summed E-state index contributed by atoms with van der Waals surface area (Å²) in [6.07, 6.45) is 3.16. The summed E-state index contributed by atoms with van der Waals surface area (Å²) in [6, 6.07) is 4.25. The Hall–Kier alpha value is -1.82. The van der Waals surface area contributed by atoms with Crippen molar-refractivity contribution in [3.05, 3.63) is 54.0 Å². The first-order valence-corrected chi connectivity index (χ1v) is 11.6. The topological polar surface area (TPSA) is 103 Å². The second kappa shape index (κ2) is 6.61. The second-order valence-corrected chi connectivity index (χ2v) is 11.2. The van der Waals surface area contributed by atoms with Gasteiger partial charge in [0.1, 0.15) is 0 Å². The van der Waals surface area contributed by atoms with Crippen LogP contribution in [0.2, 0.25) is 0 Å². The fraction of sp³-hybridized carbons (Fsp3) is 0.353. The van der Waals surface area contributed by atoms with E-state index in [1.807, 2.05) is 6.92 Å². The number of fused-ring (bicyclic) bond motifs is 1. The van der Waals surface area contributed by atoms with Crippen LogP contribution in [0.4, 0.5) is 0 Å². The van der Waals surface area contributed by atoms with Gasteiger partial charge in [-0.25, -0.2) is 22.9 Å². The SMILES string of the molecule is Cn1c(=O)n(Cc2cnc(Br)s2)c(=O)c2cc(S(=O)(=O)NC3(C)CC3)ccc21. The van der Waals surface area contributed by atoms with Gasteiger partial charge in [0.25, 0.3) is 5.56 Å². The Balaban J connectivity index is 1.86. The van der Waals surface area contributed by atoms with Crippen LogP contribution in [0.3, 0.4) is 0 Å². The number of hydrogen-bond donors (Lipinski definition) is 1. The maximum Gasteiger partial charge on any atom is 0.331 e. The average molecular weight is 485 g/mol. The molecule has 28 heavy (non-hydrogen) atoms. The number of nitrogens with one attached hydrogen (secondary N) is 1. The number of halogens is 1. The molecule has 1 fully saturated rings. The van der Waals surface area contributed by atoms with E-state index in [1.54, 1.807) is 13.2 Å². The number of benzene rings is 1. The minimum atomic E-state index is -3.75. The molecule has 8 nitrogen and oxygen atoms in total. The van der Waals surface area contributed by atoms with Crippen LogP contribution in [-0.2, 0) is 23.6 Å². The first-order chi connectivity index (χ1) is 13.1. The monoisotopic (exact) mass is 484 g/mol. The van der Waals surface area contributed by atoms with Gasteiger partial charge in [0, 0.05) is 23.7 Å². The molecule has 0 bridgehead atoms. The third-order valence-electron chi connectivity index (χ3n) is 4.85. The Bertz CT molecular complexity index is 1320. The quantitative estimate of drug-likeness (QED) is 0.594. The highest BCUT2D eigenvalue weighted by molar-refractivity contribution is 9.11. The third kappa shape index (κ3) is 3.47. The van der Waals surface area contributed by atoms with E-state index >= 15 is 0 Å². The zero-order valence-electron chi connectivity index (χ0n) is 15.1. The van der Waals surface area contributed by atoms with Crippen LogP contribution in [-0.4, -0.2) is 28.1 Å². The van der Waals surface area contributed by atoms with Crippen molar-refractivity contribution in [1.82, 2.24) is 18.8 Å². The number of thiazole rings is 1. The summed E-state index contributed by atoms with van der Waals surface area (Å²) < 4.78 is 31.1. The second-order valence-electron chi connectivity index (χ2n) is 7.16. The Labute approximate surface area is 173 Å². The number of nitrogens with zero attached hydrogens (tertiary/aromatic N) is 3. The molecule has 4 rings (SSSR count). The molecule has 0 radical (unpaired) electrons. The molecule has 1 aliphatic carbocycles. The van der Waals surface area contributed by atoms with E-state index in [2.05, 4.69) is 25.6 Å². The highest BCUT2D eigenvalue weighted by atomic mass is 79.9. The van der Waals surface area contributed by atoms with Crippen LogP contribution in [0.1, 0.15) is 24.6 Å². The predicted octanol–water partition coefficient (Wildman–Crippen LogP) is 1.80. The lowest BCUT2D eigenvalue weighted by molar-refractivity contribution is 0.558. The van der Waals surface area contributed by atoms with Gasteiger partial charge in [0.15, 0.2) is 3.92 Å². The van der Waals surface area contributed by atoms with E-state index in [0.717, 1.165) is 22.3 Å². The van der Waals surface area contributed by atoms with E-state index in [-0.39, 0.29) is 16.8 Å². The lowest BCUT2D eigenvalue weighted by Crippen LogP contribution is -2.39. The molecule has 1 aliphatic rings. The van der Waals surface area contributed by atoms with E-state index in [9.17, 15) is 18.0 Å². The summed E-state index contributed by atoms with van der Waals surface area (Å²) in [5.41, 5.74) is -1.04. The average Bonchev–Trinajstić information content (AvgIpc) is 3.20. The molecule has 3 aromatic rings. The van der Waals surface area contributed by atoms with Crippen molar-refractivity contribution in [2.45, 2.75) is 36.7 Å². The zero-order valence-corrected chi connectivity index (χ0v) is 18.3. The van der Waals surface area contributed by atoms with Gasteiger partial charge in [-0.1, -0.05) is 0 Å². The summed E-state index contributed by atoms with van der Waals surface area (Å²) >= 11 is 4.58. The molecular weight excluding hydrogens is 468 g/mol. The fourth-order valence-corrected chi connectivity index (χ4v) is 5.83. The van der Waals surface area contributed by atoms with Gasteiger partial charge in [-0.05, 0) is 53.9 Å². The molecule has 0 aliphatic heterocycles. The fourth-order valence-electron chi connectivity index (χ4n) is 2.99. The molecular formula is C17H17BrN4O4S2. The van der Waals surface area contributed by atoms with Gasteiger partial charge in [0.05, 0.1) is 22.3 Å². The minimum absolute atomic E-state index is 0.0101. The van der Waals surface area contributed by atoms with Gasteiger partial charge in [-0.15, -0.1) is 11.3 Å². The Morgan fingerprint density at radius 2 is 2.04 bits per heavy atom. The normalized spacial score (nSPS) is 15.8. The molecule has 0 amide bonds.